The van der Waals surface area contributed by atoms with Crippen LogP contribution < -0.4 is 5.32 Å². The normalized spacial score (nSPS) is 16.1. The third kappa shape index (κ3) is 3.74. The van der Waals surface area contributed by atoms with E-state index in [2.05, 4.69) is 37.4 Å². The first-order valence-corrected chi connectivity index (χ1v) is 5.48. The van der Waals surface area contributed by atoms with Gasteiger partial charge in [0.15, 0.2) is 0 Å². The molecule has 0 saturated heterocycles. The fourth-order valence-corrected chi connectivity index (χ4v) is 1.63. The Morgan fingerprint density at radius 2 is 2.27 bits per heavy atom. The Morgan fingerprint density at radius 1 is 1.53 bits per heavy atom. The summed E-state index contributed by atoms with van der Waals surface area (Å²) in [6.45, 7) is 5.77. The molecule has 2 nitrogen and oxygen atoms in total. The molecule has 0 aliphatic heterocycles. The van der Waals surface area contributed by atoms with Gasteiger partial charge in [0.25, 0.3) is 0 Å². The van der Waals surface area contributed by atoms with Crippen molar-refractivity contribution in [1.29, 1.82) is 0 Å². The Morgan fingerprint density at radius 3 is 2.87 bits per heavy atom. The summed E-state index contributed by atoms with van der Waals surface area (Å²) in [5, 5.41) is 2.88. The highest BCUT2D eigenvalue weighted by atomic mass is 16.1. The van der Waals surface area contributed by atoms with Crippen molar-refractivity contribution in [2.24, 2.45) is 0 Å². The van der Waals surface area contributed by atoms with Gasteiger partial charge in [-0.2, -0.15) is 0 Å². The Balaban J connectivity index is 2.89. The number of amides is 1. The predicted molar refractivity (Wildman–Crippen MR) is 63.3 cm³/mol. The van der Waals surface area contributed by atoms with E-state index in [4.69, 9.17) is 0 Å². The molecular weight excluding hydrogens is 186 g/mol. The van der Waals surface area contributed by atoms with E-state index in [9.17, 15) is 4.79 Å². The van der Waals surface area contributed by atoms with Gasteiger partial charge < -0.3 is 5.32 Å². The van der Waals surface area contributed by atoms with Crippen molar-refractivity contribution in [3.05, 3.63) is 35.1 Å². The van der Waals surface area contributed by atoms with Crippen LogP contribution in [0.3, 0.4) is 0 Å². The molecule has 0 radical (unpaired) electrons. The Bertz CT molecular complexity index is 334. The summed E-state index contributed by atoms with van der Waals surface area (Å²) in [6.07, 6.45) is 9.51. The molecule has 1 amide bonds. The fourth-order valence-electron chi connectivity index (χ4n) is 1.63. The van der Waals surface area contributed by atoms with Crippen LogP contribution in [0.5, 0.6) is 0 Å². The molecule has 82 valence electrons. The predicted octanol–water partition coefficient (Wildman–Crippen LogP) is 3.08. The number of rotatable bonds is 3. The molecule has 0 aromatic carbocycles. The largest absolute Gasteiger partial charge is 0.326 e. The van der Waals surface area contributed by atoms with Crippen molar-refractivity contribution in [3.8, 4) is 0 Å². The maximum Gasteiger partial charge on any atom is 0.221 e. The molecule has 0 unspecified atom stereocenters. The van der Waals surface area contributed by atoms with Gasteiger partial charge in [0.05, 0.1) is 0 Å². The Labute approximate surface area is 91.8 Å². The van der Waals surface area contributed by atoms with Crippen molar-refractivity contribution < 1.29 is 4.79 Å². The SMILES string of the molecule is CCCC1=CC(NC(C)=O)=C(C)CC=C1. The minimum atomic E-state index is -0.00153. The van der Waals surface area contributed by atoms with Crippen molar-refractivity contribution in [2.45, 2.75) is 40.0 Å². The lowest BCUT2D eigenvalue weighted by Crippen LogP contribution is -2.19. The van der Waals surface area contributed by atoms with E-state index >= 15 is 0 Å². The second-order valence-corrected chi connectivity index (χ2v) is 3.95. The molecule has 0 aromatic rings. The van der Waals surface area contributed by atoms with Crippen LogP contribution in [0.15, 0.2) is 35.1 Å². The van der Waals surface area contributed by atoms with E-state index in [1.165, 1.54) is 11.1 Å². The molecule has 1 aliphatic rings. The molecule has 0 fully saturated rings. The van der Waals surface area contributed by atoms with Crippen molar-refractivity contribution >= 4 is 5.91 Å². The molecule has 2 heteroatoms. The number of nitrogens with one attached hydrogen (secondary N) is 1. The van der Waals surface area contributed by atoms with Gasteiger partial charge in [-0.3, -0.25) is 4.79 Å². The van der Waals surface area contributed by atoms with Crippen LogP contribution in [0.1, 0.15) is 40.0 Å². The van der Waals surface area contributed by atoms with Gasteiger partial charge in [-0.25, -0.2) is 0 Å². The molecule has 15 heavy (non-hydrogen) atoms. The molecule has 0 atom stereocenters. The molecular formula is C13H19NO. The molecule has 1 rings (SSSR count). The van der Waals surface area contributed by atoms with Crippen LogP contribution in [0, 0.1) is 0 Å². The van der Waals surface area contributed by atoms with Crippen LogP contribution in [-0.4, -0.2) is 5.91 Å². The average Bonchev–Trinajstić information content (AvgIpc) is 2.30. The van der Waals surface area contributed by atoms with Gasteiger partial charge in [-0.1, -0.05) is 25.5 Å². The highest BCUT2D eigenvalue weighted by molar-refractivity contribution is 5.75. The average molecular weight is 205 g/mol. The van der Waals surface area contributed by atoms with E-state index in [0.29, 0.717) is 0 Å². The summed E-state index contributed by atoms with van der Waals surface area (Å²) in [7, 11) is 0. The highest BCUT2D eigenvalue weighted by Crippen LogP contribution is 2.18. The van der Waals surface area contributed by atoms with Gasteiger partial charge in [-0.05, 0) is 37.0 Å². The smallest absolute Gasteiger partial charge is 0.221 e. The van der Waals surface area contributed by atoms with Gasteiger partial charge >= 0.3 is 0 Å². The first kappa shape index (κ1) is 11.8. The first-order valence-electron chi connectivity index (χ1n) is 5.48. The monoisotopic (exact) mass is 205 g/mol. The lowest BCUT2D eigenvalue weighted by molar-refractivity contribution is -0.118. The molecule has 0 saturated carbocycles. The van der Waals surface area contributed by atoms with E-state index in [0.717, 1.165) is 25.0 Å². The number of carbonyl (C=O) groups excluding carboxylic acids is 1. The summed E-state index contributed by atoms with van der Waals surface area (Å²) in [4.78, 5) is 11.0. The Kier molecular flexibility index (Phi) is 4.35. The maximum absolute atomic E-state index is 11.0. The van der Waals surface area contributed by atoms with Crippen LogP contribution in [0.2, 0.25) is 0 Å². The highest BCUT2D eigenvalue weighted by Gasteiger charge is 2.05. The van der Waals surface area contributed by atoms with Crippen LogP contribution in [0.4, 0.5) is 0 Å². The minimum Gasteiger partial charge on any atom is -0.326 e. The second kappa shape index (κ2) is 5.54. The first-order chi connectivity index (χ1) is 7.13. The number of hydrogen-bond donors (Lipinski definition) is 1. The third-order valence-corrected chi connectivity index (χ3v) is 2.39. The zero-order valence-electron chi connectivity index (χ0n) is 9.76. The van der Waals surface area contributed by atoms with E-state index < -0.39 is 0 Å². The quantitative estimate of drug-likeness (QED) is 0.753. The molecule has 0 bridgehead atoms. The lowest BCUT2D eigenvalue weighted by atomic mass is 10.1. The van der Waals surface area contributed by atoms with Gasteiger partial charge in [-0.15, -0.1) is 0 Å². The summed E-state index contributed by atoms with van der Waals surface area (Å²) < 4.78 is 0. The standard InChI is InChI=1S/C13H19NO/c1-4-6-12-8-5-7-10(2)13(9-12)14-11(3)15/h5,8-9H,4,6-7H2,1-3H3,(H,14,15). The fraction of sp³-hybridized carbons (Fsp3) is 0.462. The molecule has 0 spiro atoms. The molecule has 0 heterocycles. The van der Waals surface area contributed by atoms with Crippen molar-refractivity contribution in [3.63, 3.8) is 0 Å². The molecule has 1 N–H and O–H groups in total. The van der Waals surface area contributed by atoms with E-state index in [1.54, 1.807) is 6.92 Å². The summed E-state index contributed by atoms with van der Waals surface area (Å²) >= 11 is 0. The van der Waals surface area contributed by atoms with Gasteiger partial charge in [0.1, 0.15) is 0 Å². The van der Waals surface area contributed by atoms with Crippen molar-refractivity contribution in [1.82, 2.24) is 5.32 Å². The van der Waals surface area contributed by atoms with Crippen LogP contribution in [0.25, 0.3) is 0 Å². The summed E-state index contributed by atoms with van der Waals surface area (Å²) in [5.74, 6) is -0.00153. The Hall–Kier alpha value is -1.31. The zero-order chi connectivity index (χ0) is 11.3. The second-order valence-electron chi connectivity index (χ2n) is 3.95. The number of carbonyl (C=O) groups is 1. The van der Waals surface area contributed by atoms with Crippen LogP contribution in [-0.2, 0) is 4.79 Å². The summed E-state index contributed by atoms with van der Waals surface area (Å²) in [6, 6.07) is 0. The third-order valence-electron chi connectivity index (χ3n) is 2.39. The van der Waals surface area contributed by atoms with Gasteiger partial charge in [0, 0.05) is 12.6 Å². The minimum absolute atomic E-state index is 0.00153. The van der Waals surface area contributed by atoms with Crippen molar-refractivity contribution in [2.75, 3.05) is 0 Å². The lowest BCUT2D eigenvalue weighted by Gasteiger charge is -2.07. The van der Waals surface area contributed by atoms with Gasteiger partial charge in [0.2, 0.25) is 5.91 Å². The molecule has 0 aromatic heterocycles. The van der Waals surface area contributed by atoms with E-state index in [-0.39, 0.29) is 5.91 Å². The topological polar surface area (TPSA) is 29.1 Å². The zero-order valence-corrected chi connectivity index (χ0v) is 9.76. The molecule has 1 aliphatic carbocycles. The summed E-state index contributed by atoms with van der Waals surface area (Å²) in [5.41, 5.74) is 3.47. The maximum atomic E-state index is 11.0. The number of hydrogen-bond acceptors (Lipinski definition) is 1. The number of allylic oxidation sites excluding steroid dienone is 5. The van der Waals surface area contributed by atoms with Crippen LogP contribution >= 0.6 is 0 Å². The van der Waals surface area contributed by atoms with E-state index in [1.807, 2.05) is 0 Å².